The first-order valence-corrected chi connectivity index (χ1v) is 11.1. The van der Waals surface area contributed by atoms with Crippen molar-refractivity contribution < 1.29 is 14.3 Å². The Morgan fingerprint density at radius 2 is 1.38 bits per heavy atom. The van der Waals surface area contributed by atoms with Crippen LogP contribution >= 0.6 is 0 Å². The lowest BCUT2D eigenvalue weighted by molar-refractivity contribution is 0.0535. The molecule has 2 amide bonds. The molecule has 7 heteroatoms. The van der Waals surface area contributed by atoms with Gasteiger partial charge in [-0.15, -0.1) is 0 Å². The number of piperazine rings is 1. The monoisotopic (exact) mass is 432 g/mol. The maximum absolute atomic E-state index is 13.1. The first kappa shape index (κ1) is 21.7. The van der Waals surface area contributed by atoms with Gasteiger partial charge in [-0.05, 0) is 49.2 Å². The molecule has 166 valence electrons. The van der Waals surface area contributed by atoms with Gasteiger partial charge < -0.3 is 14.5 Å². The zero-order chi connectivity index (χ0) is 22.7. The lowest BCUT2D eigenvalue weighted by Gasteiger charge is -2.35. The molecule has 1 aliphatic heterocycles. The Bertz CT molecular complexity index is 1150. The third-order valence-electron chi connectivity index (χ3n) is 5.91. The molecule has 0 atom stereocenters. The minimum Gasteiger partial charge on any atom is -0.497 e. The topological polar surface area (TPSA) is 75.6 Å². The molecule has 2 aromatic carbocycles. The average molecular weight is 433 g/mol. The Morgan fingerprint density at radius 1 is 0.812 bits per heavy atom. The summed E-state index contributed by atoms with van der Waals surface area (Å²) < 4.78 is 5.21. The summed E-state index contributed by atoms with van der Waals surface area (Å²) in [6.07, 6.45) is 1.65. The van der Waals surface area contributed by atoms with Gasteiger partial charge in [-0.2, -0.15) is 0 Å². The van der Waals surface area contributed by atoms with Crippen LogP contribution in [0.1, 0.15) is 46.0 Å². The van der Waals surface area contributed by atoms with Crippen molar-refractivity contribution in [1.82, 2.24) is 19.8 Å². The summed E-state index contributed by atoms with van der Waals surface area (Å²) >= 11 is 0. The van der Waals surface area contributed by atoms with Gasteiger partial charge in [-0.1, -0.05) is 19.9 Å². The third kappa shape index (κ3) is 4.28. The number of carbonyl (C=O) groups is 2. The van der Waals surface area contributed by atoms with Crippen LogP contribution in [0.25, 0.3) is 11.0 Å². The van der Waals surface area contributed by atoms with E-state index < -0.39 is 0 Å². The van der Waals surface area contributed by atoms with Crippen molar-refractivity contribution in [2.24, 2.45) is 0 Å². The number of methoxy groups -OCH3 is 1. The molecule has 1 aromatic heterocycles. The summed E-state index contributed by atoms with van der Waals surface area (Å²) in [5.41, 5.74) is 4.74. The molecular formula is C25H28N4O3. The predicted molar refractivity (Wildman–Crippen MR) is 123 cm³/mol. The Kier molecular flexibility index (Phi) is 6.35. The van der Waals surface area contributed by atoms with Crippen LogP contribution in [-0.4, -0.2) is 64.9 Å². The van der Waals surface area contributed by atoms with Gasteiger partial charge in [0.05, 0.1) is 29.5 Å². The second-order valence-corrected chi connectivity index (χ2v) is 7.84. The van der Waals surface area contributed by atoms with E-state index in [1.165, 1.54) is 0 Å². The van der Waals surface area contributed by atoms with Crippen molar-refractivity contribution in [3.05, 3.63) is 65.0 Å². The molecule has 4 rings (SSSR count). The zero-order valence-electron chi connectivity index (χ0n) is 18.8. The molecule has 0 N–H and O–H groups in total. The van der Waals surface area contributed by atoms with Crippen LogP contribution in [0.2, 0.25) is 0 Å². The van der Waals surface area contributed by atoms with Crippen LogP contribution in [0.15, 0.2) is 42.5 Å². The van der Waals surface area contributed by atoms with Gasteiger partial charge in [-0.25, -0.2) is 9.97 Å². The van der Waals surface area contributed by atoms with E-state index in [1.807, 2.05) is 30.3 Å². The molecule has 0 aliphatic carbocycles. The van der Waals surface area contributed by atoms with Gasteiger partial charge in [0.15, 0.2) is 0 Å². The van der Waals surface area contributed by atoms with Crippen molar-refractivity contribution in [2.75, 3.05) is 33.3 Å². The number of hydrogen-bond acceptors (Lipinski definition) is 5. The van der Waals surface area contributed by atoms with Crippen molar-refractivity contribution in [3.8, 4) is 5.75 Å². The smallest absolute Gasteiger partial charge is 0.254 e. The standard InChI is InChI=1S/C25H28N4O3/c1-4-20-21(5-2)27-23-16-18(9-10-22(23)26-20)25(31)29-13-11-28(12-14-29)24(30)17-7-6-8-19(15-17)32-3/h6-10,15-16H,4-5,11-14H2,1-3H3. The normalized spacial score (nSPS) is 14.0. The van der Waals surface area contributed by atoms with Crippen LogP contribution in [-0.2, 0) is 12.8 Å². The molecule has 1 aliphatic rings. The Balaban J connectivity index is 1.46. The van der Waals surface area contributed by atoms with E-state index in [0.29, 0.717) is 43.1 Å². The lowest BCUT2D eigenvalue weighted by atomic mass is 10.1. The summed E-state index contributed by atoms with van der Waals surface area (Å²) in [5.74, 6) is 0.567. The molecule has 1 fully saturated rings. The molecule has 3 aromatic rings. The highest BCUT2D eigenvalue weighted by atomic mass is 16.5. The molecule has 0 unspecified atom stereocenters. The minimum absolute atomic E-state index is 0.0419. The SMILES string of the molecule is CCc1nc2ccc(C(=O)N3CCN(C(=O)c4cccc(OC)c4)CC3)cc2nc1CC. The van der Waals surface area contributed by atoms with E-state index in [4.69, 9.17) is 14.7 Å². The van der Waals surface area contributed by atoms with E-state index in [0.717, 1.165) is 35.3 Å². The molecule has 7 nitrogen and oxygen atoms in total. The first-order chi connectivity index (χ1) is 15.5. The molecule has 0 spiro atoms. The van der Waals surface area contributed by atoms with Crippen LogP contribution < -0.4 is 4.74 Å². The quantitative estimate of drug-likeness (QED) is 0.618. The fourth-order valence-electron chi connectivity index (χ4n) is 4.06. The molecule has 32 heavy (non-hydrogen) atoms. The summed E-state index contributed by atoms with van der Waals surface area (Å²) in [7, 11) is 1.58. The highest BCUT2D eigenvalue weighted by Gasteiger charge is 2.26. The minimum atomic E-state index is -0.0456. The number of benzene rings is 2. The lowest BCUT2D eigenvalue weighted by Crippen LogP contribution is -2.50. The molecular weight excluding hydrogens is 404 g/mol. The highest BCUT2D eigenvalue weighted by molar-refractivity contribution is 5.98. The number of carbonyl (C=O) groups excluding carboxylic acids is 2. The summed E-state index contributed by atoms with van der Waals surface area (Å²) in [6, 6.07) is 12.7. The maximum atomic E-state index is 13.1. The second-order valence-electron chi connectivity index (χ2n) is 7.84. The van der Waals surface area contributed by atoms with Crippen molar-refractivity contribution in [2.45, 2.75) is 26.7 Å². The number of rotatable bonds is 5. The maximum Gasteiger partial charge on any atom is 0.254 e. The molecule has 0 radical (unpaired) electrons. The second kappa shape index (κ2) is 9.34. The third-order valence-corrected chi connectivity index (χ3v) is 5.91. The van der Waals surface area contributed by atoms with E-state index >= 15 is 0 Å². The highest BCUT2D eigenvalue weighted by Crippen LogP contribution is 2.19. The average Bonchev–Trinajstić information content (AvgIpc) is 2.86. The summed E-state index contributed by atoms with van der Waals surface area (Å²) in [6.45, 7) is 6.12. The van der Waals surface area contributed by atoms with Crippen molar-refractivity contribution in [1.29, 1.82) is 0 Å². The Labute approximate surface area is 188 Å². The van der Waals surface area contributed by atoms with Crippen LogP contribution in [0, 0.1) is 0 Å². The van der Waals surface area contributed by atoms with E-state index in [2.05, 4.69) is 13.8 Å². The van der Waals surface area contributed by atoms with Gasteiger partial charge in [0.25, 0.3) is 11.8 Å². The van der Waals surface area contributed by atoms with E-state index in [9.17, 15) is 9.59 Å². The van der Waals surface area contributed by atoms with Crippen LogP contribution in [0.4, 0.5) is 0 Å². The number of aryl methyl sites for hydroxylation is 2. The van der Waals surface area contributed by atoms with Gasteiger partial charge >= 0.3 is 0 Å². The van der Waals surface area contributed by atoms with E-state index in [1.54, 1.807) is 29.0 Å². The van der Waals surface area contributed by atoms with E-state index in [-0.39, 0.29) is 11.8 Å². The van der Waals surface area contributed by atoms with Gasteiger partial charge in [0.1, 0.15) is 5.75 Å². The molecule has 2 heterocycles. The Morgan fingerprint density at radius 3 is 1.94 bits per heavy atom. The zero-order valence-corrected chi connectivity index (χ0v) is 18.8. The summed E-state index contributed by atoms with van der Waals surface area (Å²) in [4.78, 5) is 39.0. The van der Waals surface area contributed by atoms with Gasteiger partial charge in [-0.3, -0.25) is 9.59 Å². The molecule has 0 bridgehead atoms. The number of hydrogen-bond donors (Lipinski definition) is 0. The first-order valence-electron chi connectivity index (χ1n) is 11.1. The van der Waals surface area contributed by atoms with Crippen LogP contribution in [0.5, 0.6) is 5.75 Å². The largest absolute Gasteiger partial charge is 0.497 e. The predicted octanol–water partition coefficient (Wildman–Crippen LogP) is 3.36. The summed E-state index contributed by atoms with van der Waals surface area (Å²) in [5, 5.41) is 0. The van der Waals surface area contributed by atoms with Gasteiger partial charge in [0, 0.05) is 37.3 Å². The van der Waals surface area contributed by atoms with Crippen molar-refractivity contribution in [3.63, 3.8) is 0 Å². The molecule has 0 saturated carbocycles. The Hall–Kier alpha value is -3.48. The molecule has 1 saturated heterocycles. The fourth-order valence-corrected chi connectivity index (χ4v) is 4.06. The number of aromatic nitrogens is 2. The number of fused-ring (bicyclic) bond motifs is 1. The number of ether oxygens (including phenoxy) is 1. The number of amides is 2. The number of nitrogens with zero attached hydrogens (tertiary/aromatic N) is 4. The fraction of sp³-hybridized carbons (Fsp3) is 0.360. The van der Waals surface area contributed by atoms with Gasteiger partial charge in [0.2, 0.25) is 0 Å². The van der Waals surface area contributed by atoms with Crippen LogP contribution in [0.3, 0.4) is 0 Å². The van der Waals surface area contributed by atoms with Crippen molar-refractivity contribution >= 4 is 22.8 Å².